The largest absolute Gasteiger partial charge is 0.466 e. The summed E-state index contributed by atoms with van der Waals surface area (Å²) in [7, 11) is 1.74. The van der Waals surface area contributed by atoms with Crippen LogP contribution in [0.25, 0.3) is 0 Å². The number of esters is 1. The van der Waals surface area contributed by atoms with Crippen LogP contribution in [0.15, 0.2) is 11.8 Å². The van der Waals surface area contributed by atoms with Gasteiger partial charge in [0.1, 0.15) is 0 Å². The number of carbonyl (C=O) groups is 4. The molecule has 0 radical (unpaired) electrons. The van der Waals surface area contributed by atoms with Crippen LogP contribution in [-0.2, 0) is 23.9 Å². The highest BCUT2D eigenvalue weighted by Crippen LogP contribution is 2.24. The maximum atomic E-state index is 13.0. The predicted octanol–water partition coefficient (Wildman–Crippen LogP) is 6.74. The van der Waals surface area contributed by atoms with Gasteiger partial charge >= 0.3 is 5.97 Å². The van der Waals surface area contributed by atoms with Crippen LogP contribution in [0.4, 0.5) is 0 Å². The Balaban J connectivity index is 2.30. The van der Waals surface area contributed by atoms with E-state index in [9.17, 15) is 19.2 Å². The number of Topliss-reactive ketones (excluding diaryl/α,β-unsaturated/α-hetero) is 2. The minimum atomic E-state index is -0.855. The van der Waals surface area contributed by atoms with Gasteiger partial charge in [-0.05, 0) is 19.3 Å². The standard InChI is InChI=1S/C30H51NO5/c1-4-6-8-10-11-12-13-14-15-16-17-20-25-29(34)26(24-27(32)30(25)35)31(3)22-19-21-28(33)36-23-18-9-7-5-2/h24-25H,4-23H2,1-3H3. The summed E-state index contributed by atoms with van der Waals surface area (Å²) in [5.41, 5.74) is 0.292. The van der Waals surface area contributed by atoms with E-state index in [4.69, 9.17) is 4.74 Å². The van der Waals surface area contributed by atoms with Gasteiger partial charge in [-0.1, -0.05) is 104 Å². The number of ketones is 3. The Hall–Kier alpha value is -1.98. The molecule has 6 heteroatoms. The van der Waals surface area contributed by atoms with Gasteiger partial charge in [0.2, 0.25) is 11.6 Å². The third-order valence-electron chi connectivity index (χ3n) is 7.04. The van der Waals surface area contributed by atoms with Gasteiger partial charge in [0.25, 0.3) is 0 Å². The molecule has 0 fully saturated rings. The molecular weight excluding hydrogens is 454 g/mol. The van der Waals surface area contributed by atoms with Crippen LogP contribution in [0.5, 0.6) is 0 Å². The van der Waals surface area contributed by atoms with Crippen LogP contribution in [0.2, 0.25) is 0 Å². The number of hydrogen-bond donors (Lipinski definition) is 0. The fourth-order valence-corrected chi connectivity index (χ4v) is 4.68. The molecule has 0 aliphatic heterocycles. The number of ether oxygens (including phenoxy) is 1. The van der Waals surface area contributed by atoms with Crippen molar-refractivity contribution >= 4 is 23.3 Å². The van der Waals surface area contributed by atoms with E-state index in [1.54, 1.807) is 11.9 Å². The molecule has 1 aliphatic rings. The van der Waals surface area contributed by atoms with E-state index < -0.39 is 17.5 Å². The van der Waals surface area contributed by atoms with Crippen molar-refractivity contribution in [3.05, 3.63) is 11.8 Å². The van der Waals surface area contributed by atoms with Crippen molar-refractivity contribution in [1.29, 1.82) is 0 Å². The molecule has 0 heterocycles. The van der Waals surface area contributed by atoms with Crippen molar-refractivity contribution < 1.29 is 23.9 Å². The van der Waals surface area contributed by atoms with Gasteiger partial charge in [-0.3, -0.25) is 19.2 Å². The fraction of sp³-hybridized carbons (Fsp3) is 0.800. The van der Waals surface area contributed by atoms with E-state index in [1.807, 2.05) is 0 Å². The van der Waals surface area contributed by atoms with Crippen LogP contribution in [0.3, 0.4) is 0 Å². The van der Waals surface area contributed by atoms with Crippen LogP contribution in [0, 0.1) is 5.92 Å². The van der Waals surface area contributed by atoms with Gasteiger partial charge in [0, 0.05) is 26.1 Å². The van der Waals surface area contributed by atoms with E-state index in [-0.39, 0.29) is 18.2 Å². The fourth-order valence-electron chi connectivity index (χ4n) is 4.68. The summed E-state index contributed by atoms with van der Waals surface area (Å²) in [5.74, 6) is -2.50. The summed E-state index contributed by atoms with van der Waals surface area (Å²) < 4.78 is 5.25. The molecule has 6 nitrogen and oxygen atoms in total. The van der Waals surface area contributed by atoms with Crippen molar-refractivity contribution in [3.63, 3.8) is 0 Å². The zero-order chi connectivity index (χ0) is 26.6. The van der Waals surface area contributed by atoms with E-state index in [2.05, 4.69) is 13.8 Å². The van der Waals surface area contributed by atoms with E-state index in [0.29, 0.717) is 31.7 Å². The Morgan fingerprint density at radius 2 is 1.28 bits per heavy atom. The molecular formula is C30H51NO5. The average Bonchev–Trinajstić information content (AvgIpc) is 2.86. The quantitative estimate of drug-likeness (QED) is 0.0701. The molecule has 0 aromatic heterocycles. The van der Waals surface area contributed by atoms with Gasteiger partial charge in [0.15, 0.2) is 5.78 Å². The minimum Gasteiger partial charge on any atom is -0.466 e. The second-order valence-corrected chi connectivity index (χ2v) is 10.3. The number of likely N-dealkylation sites (N-methyl/N-ethyl adjacent to an activating group) is 1. The Bertz CT molecular complexity index is 699. The minimum absolute atomic E-state index is 0.232. The molecule has 0 aromatic rings. The maximum Gasteiger partial charge on any atom is 0.305 e. The summed E-state index contributed by atoms with van der Waals surface area (Å²) >= 11 is 0. The molecule has 0 aromatic carbocycles. The lowest BCUT2D eigenvalue weighted by Crippen LogP contribution is -2.40. The molecule has 36 heavy (non-hydrogen) atoms. The first-order valence-electron chi connectivity index (χ1n) is 14.6. The number of rotatable bonds is 22. The van der Waals surface area contributed by atoms with Crippen LogP contribution in [-0.4, -0.2) is 48.4 Å². The van der Waals surface area contributed by atoms with E-state index >= 15 is 0 Å². The lowest BCUT2D eigenvalue weighted by molar-refractivity contribution is -0.143. The Morgan fingerprint density at radius 3 is 1.86 bits per heavy atom. The summed E-state index contributed by atoms with van der Waals surface area (Å²) in [6.07, 6.45) is 19.9. The van der Waals surface area contributed by atoms with Crippen molar-refractivity contribution in [2.45, 2.75) is 129 Å². The summed E-state index contributed by atoms with van der Waals surface area (Å²) in [6, 6.07) is 0. The lowest BCUT2D eigenvalue weighted by Gasteiger charge is -2.27. The highest BCUT2D eigenvalue weighted by Gasteiger charge is 2.37. The van der Waals surface area contributed by atoms with Gasteiger partial charge in [0.05, 0.1) is 18.2 Å². The smallest absolute Gasteiger partial charge is 0.305 e. The molecule has 0 spiro atoms. The number of unbranched alkanes of at least 4 members (excludes halogenated alkanes) is 13. The third kappa shape index (κ3) is 13.4. The molecule has 1 aliphatic carbocycles. The Labute approximate surface area is 219 Å². The van der Waals surface area contributed by atoms with Crippen molar-refractivity contribution in [2.24, 2.45) is 5.92 Å². The molecule has 206 valence electrons. The Morgan fingerprint density at radius 1 is 0.750 bits per heavy atom. The SMILES string of the molecule is CCCCCCCCCCCCCC1C(=O)C(=O)C=C(N(C)CCCC(=O)OCCCCCC)C1=O. The maximum absolute atomic E-state index is 13.0. The zero-order valence-electron chi connectivity index (χ0n) is 23.3. The van der Waals surface area contributed by atoms with Crippen molar-refractivity contribution in [1.82, 2.24) is 4.90 Å². The summed E-state index contributed by atoms with van der Waals surface area (Å²) in [6.45, 7) is 5.28. The highest BCUT2D eigenvalue weighted by molar-refractivity contribution is 6.49. The lowest BCUT2D eigenvalue weighted by atomic mass is 9.84. The first-order chi connectivity index (χ1) is 17.4. The molecule has 0 N–H and O–H groups in total. The molecule has 0 saturated carbocycles. The van der Waals surface area contributed by atoms with Crippen LogP contribution in [0.1, 0.15) is 129 Å². The monoisotopic (exact) mass is 505 g/mol. The number of carbonyl (C=O) groups excluding carboxylic acids is 4. The van der Waals surface area contributed by atoms with Gasteiger partial charge in [-0.15, -0.1) is 0 Å². The Kier molecular flexibility index (Phi) is 17.9. The second kappa shape index (κ2) is 20.1. The predicted molar refractivity (Wildman–Crippen MR) is 145 cm³/mol. The molecule has 1 atom stereocenters. The second-order valence-electron chi connectivity index (χ2n) is 10.3. The normalized spacial score (nSPS) is 15.8. The van der Waals surface area contributed by atoms with Gasteiger partial charge in [-0.2, -0.15) is 0 Å². The van der Waals surface area contributed by atoms with E-state index in [0.717, 1.165) is 44.9 Å². The molecule has 0 bridgehead atoms. The van der Waals surface area contributed by atoms with Crippen LogP contribution < -0.4 is 0 Å². The first kappa shape index (κ1) is 32.0. The average molecular weight is 506 g/mol. The molecule has 1 rings (SSSR count). The van der Waals surface area contributed by atoms with Crippen molar-refractivity contribution in [2.75, 3.05) is 20.2 Å². The molecule has 0 amide bonds. The number of allylic oxidation sites excluding steroid dienone is 2. The summed E-state index contributed by atoms with van der Waals surface area (Å²) in [4.78, 5) is 51.3. The van der Waals surface area contributed by atoms with E-state index in [1.165, 1.54) is 57.4 Å². The third-order valence-corrected chi connectivity index (χ3v) is 7.04. The van der Waals surface area contributed by atoms with Crippen LogP contribution >= 0.6 is 0 Å². The summed E-state index contributed by atoms with van der Waals surface area (Å²) in [5, 5.41) is 0. The topological polar surface area (TPSA) is 80.8 Å². The van der Waals surface area contributed by atoms with Gasteiger partial charge in [-0.25, -0.2) is 0 Å². The molecule has 0 saturated heterocycles. The highest BCUT2D eigenvalue weighted by atomic mass is 16.5. The zero-order valence-corrected chi connectivity index (χ0v) is 23.3. The van der Waals surface area contributed by atoms with Crippen molar-refractivity contribution in [3.8, 4) is 0 Å². The first-order valence-corrected chi connectivity index (χ1v) is 14.6. The molecule has 1 unspecified atom stereocenters. The van der Waals surface area contributed by atoms with Gasteiger partial charge < -0.3 is 9.64 Å². The number of hydrogen-bond acceptors (Lipinski definition) is 6. The number of nitrogens with zero attached hydrogens (tertiary/aromatic N) is 1.